The first-order chi connectivity index (χ1) is 10.4. The third-order valence-electron chi connectivity index (χ3n) is 4.88. The van der Waals surface area contributed by atoms with Gasteiger partial charge >= 0.3 is 5.97 Å². The minimum Gasteiger partial charge on any atom is -0.481 e. The van der Waals surface area contributed by atoms with Crippen LogP contribution in [0.2, 0.25) is 0 Å². The predicted molar refractivity (Wildman–Crippen MR) is 83.4 cm³/mol. The molecule has 1 saturated carbocycles. The first-order valence-corrected chi connectivity index (χ1v) is 7.77. The van der Waals surface area contributed by atoms with Gasteiger partial charge in [-0.1, -0.05) is 44.2 Å². The number of rotatable bonds is 8. The predicted octanol–water partition coefficient (Wildman–Crippen LogP) is 3.30. The highest BCUT2D eigenvalue weighted by atomic mass is 16.5. The maximum atomic E-state index is 12.3. The normalized spacial score (nSPS) is 22.8. The van der Waals surface area contributed by atoms with E-state index in [1.165, 1.54) is 0 Å². The van der Waals surface area contributed by atoms with Gasteiger partial charge in [0.25, 0.3) is 0 Å². The van der Waals surface area contributed by atoms with Gasteiger partial charge in [0, 0.05) is 18.8 Å². The molecule has 22 heavy (non-hydrogen) atoms. The summed E-state index contributed by atoms with van der Waals surface area (Å²) in [5.74, 6) is -0.517. The molecule has 120 valence electrons. The Bertz CT molecular complexity index is 521. The van der Waals surface area contributed by atoms with Crippen LogP contribution in [-0.2, 0) is 20.9 Å². The number of aliphatic carboxylic acids is 1. The van der Waals surface area contributed by atoms with Crippen molar-refractivity contribution in [1.29, 1.82) is 0 Å². The first kappa shape index (κ1) is 16.7. The molecule has 0 unspecified atom stereocenters. The van der Waals surface area contributed by atoms with Crippen LogP contribution in [0.5, 0.6) is 0 Å². The fourth-order valence-electron chi connectivity index (χ4n) is 3.23. The van der Waals surface area contributed by atoms with E-state index in [-0.39, 0.29) is 29.5 Å². The van der Waals surface area contributed by atoms with Crippen LogP contribution in [0.4, 0.5) is 0 Å². The summed E-state index contributed by atoms with van der Waals surface area (Å²) in [5.41, 5.74) is 0.884. The van der Waals surface area contributed by atoms with Gasteiger partial charge in [0.2, 0.25) is 0 Å². The third kappa shape index (κ3) is 3.95. The smallest absolute Gasteiger partial charge is 0.303 e. The van der Waals surface area contributed by atoms with Crippen molar-refractivity contribution in [3.05, 3.63) is 35.9 Å². The van der Waals surface area contributed by atoms with Crippen molar-refractivity contribution in [1.82, 2.24) is 0 Å². The third-order valence-corrected chi connectivity index (χ3v) is 4.88. The maximum Gasteiger partial charge on any atom is 0.303 e. The zero-order chi connectivity index (χ0) is 16.2. The summed E-state index contributed by atoms with van der Waals surface area (Å²) >= 11 is 0. The lowest BCUT2D eigenvalue weighted by atomic mass is 9.52. The summed E-state index contributed by atoms with van der Waals surface area (Å²) < 4.78 is 5.55. The Morgan fingerprint density at radius 3 is 2.55 bits per heavy atom. The summed E-state index contributed by atoms with van der Waals surface area (Å²) in [6.07, 6.45) is 1.25. The Labute approximate surface area is 131 Å². The van der Waals surface area contributed by atoms with E-state index < -0.39 is 5.97 Å². The molecule has 0 aliphatic heterocycles. The molecule has 0 amide bonds. The Morgan fingerprint density at radius 2 is 1.95 bits per heavy atom. The fourth-order valence-corrected chi connectivity index (χ4v) is 3.23. The molecule has 0 spiro atoms. The maximum absolute atomic E-state index is 12.3. The van der Waals surface area contributed by atoms with Gasteiger partial charge in [-0.2, -0.15) is 0 Å². The van der Waals surface area contributed by atoms with Crippen molar-refractivity contribution in [2.75, 3.05) is 6.61 Å². The summed E-state index contributed by atoms with van der Waals surface area (Å²) in [4.78, 5) is 23.1. The highest BCUT2D eigenvalue weighted by Gasteiger charge is 2.51. The molecule has 1 aromatic carbocycles. The van der Waals surface area contributed by atoms with Crippen LogP contribution in [0.3, 0.4) is 0 Å². The van der Waals surface area contributed by atoms with Crippen molar-refractivity contribution >= 4 is 11.8 Å². The van der Waals surface area contributed by atoms with Gasteiger partial charge in [0.1, 0.15) is 5.78 Å². The average Bonchev–Trinajstić information content (AvgIpc) is 2.48. The van der Waals surface area contributed by atoms with Crippen molar-refractivity contribution < 1.29 is 19.4 Å². The van der Waals surface area contributed by atoms with Gasteiger partial charge in [0.15, 0.2) is 0 Å². The van der Waals surface area contributed by atoms with Gasteiger partial charge in [-0.05, 0) is 23.3 Å². The second-order valence-electron chi connectivity index (χ2n) is 6.66. The zero-order valence-corrected chi connectivity index (χ0v) is 13.2. The van der Waals surface area contributed by atoms with Crippen LogP contribution < -0.4 is 0 Å². The molecule has 4 heteroatoms. The molecule has 1 aromatic rings. The molecule has 0 aromatic heterocycles. The van der Waals surface area contributed by atoms with Crippen molar-refractivity contribution in [3.8, 4) is 0 Å². The number of carbonyl (C=O) groups is 2. The van der Waals surface area contributed by atoms with E-state index in [1.807, 2.05) is 44.2 Å². The van der Waals surface area contributed by atoms with E-state index in [4.69, 9.17) is 9.84 Å². The Morgan fingerprint density at radius 1 is 1.27 bits per heavy atom. The van der Waals surface area contributed by atoms with Gasteiger partial charge in [-0.25, -0.2) is 0 Å². The summed E-state index contributed by atoms with van der Waals surface area (Å²) in [6, 6.07) is 9.87. The van der Waals surface area contributed by atoms with Crippen LogP contribution >= 0.6 is 0 Å². The van der Waals surface area contributed by atoms with Gasteiger partial charge in [-0.3, -0.25) is 9.59 Å². The molecule has 1 aliphatic rings. The topological polar surface area (TPSA) is 63.6 Å². The Kier molecular flexibility index (Phi) is 5.35. The average molecular weight is 304 g/mol. The van der Waals surface area contributed by atoms with E-state index in [2.05, 4.69) is 0 Å². The van der Waals surface area contributed by atoms with E-state index in [9.17, 15) is 9.59 Å². The SMILES string of the molecule is CC1(C)[C@@H](CC(=O)O)C[C@H]1C(=O)CCOCc1ccccc1. The highest BCUT2D eigenvalue weighted by molar-refractivity contribution is 5.83. The standard InChI is InChI=1S/C18H24O4/c1-18(2)14(11-17(20)21)10-15(18)16(19)8-9-22-12-13-6-4-3-5-7-13/h3-7,14-15H,8-12H2,1-2H3,(H,20,21)/t14-,15+/m1/s1. The number of carboxylic acids is 1. The largest absolute Gasteiger partial charge is 0.481 e. The monoisotopic (exact) mass is 304 g/mol. The summed E-state index contributed by atoms with van der Waals surface area (Å²) in [5, 5.41) is 8.88. The van der Waals surface area contributed by atoms with Crippen molar-refractivity contribution in [3.63, 3.8) is 0 Å². The molecule has 1 fully saturated rings. The van der Waals surface area contributed by atoms with Crippen LogP contribution in [0, 0.1) is 17.3 Å². The van der Waals surface area contributed by atoms with Crippen LogP contribution in [0.15, 0.2) is 30.3 Å². The molecule has 0 saturated heterocycles. The molecule has 4 nitrogen and oxygen atoms in total. The van der Waals surface area contributed by atoms with E-state index in [1.54, 1.807) is 0 Å². The molecule has 0 heterocycles. The number of carbonyl (C=O) groups excluding carboxylic acids is 1. The minimum atomic E-state index is -0.782. The number of ketones is 1. The Balaban J connectivity index is 1.71. The van der Waals surface area contributed by atoms with Gasteiger partial charge < -0.3 is 9.84 Å². The number of hydrogen-bond donors (Lipinski definition) is 1. The highest BCUT2D eigenvalue weighted by Crippen LogP contribution is 2.53. The first-order valence-electron chi connectivity index (χ1n) is 7.77. The lowest BCUT2D eigenvalue weighted by Gasteiger charge is -2.51. The molecular formula is C18H24O4. The molecule has 0 radical (unpaired) electrons. The molecule has 0 bridgehead atoms. The second kappa shape index (κ2) is 7.05. The number of ether oxygens (including phenoxy) is 1. The second-order valence-corrected chi connectivity index (χ2v) is 6.66. The van der Waals surface area contributed by atoms with Crippen molar-refractivity contribution in [2.24, 2.45) is 17.3 Å². The molecule has 1 N–H and O–H groups in total. The lowest BCUT2D eigenvalue weighted by molar-refractivity contribution is -0.150. The van der Waals surface area contributed by atoms with Gasteiger partial charge in [-0.15, -0.1) is 0 Å². The van der Waals surface area contributed by atoms with Crippen LogP contribution in [-0.4, -0.2) is 23.5 Å². The van der Waals surface area contributed by atoms with Gasteiger partial charge in [0.05, 0.1) is 13.2 Å². The summed E-state index contributed by atoms with van der Waals surface area (Å²) in [7, 11) is 0. The van der Waals surface area contributed by atoms with Crippen molar-refractivity contribution in [2.45, 2.75) is 39.7 Å². The molecule has 2 atom stereocenters. The van der Waals surface area contributed by atoms with E-state index in [0.717, 1.165) is 5.56 Å². The lowest BCUT2D eigenvalue weighted by Crippen LogP contribution is -2.49. The Hall–Kier alpha value is -1.68. The molecule has 2 rings (SSSR count). The summed E-state index contributed by atoms with van der Waals surface area (Å²) in [6.45, 7) is 4.93. The zero-order valence-electron chi connectivity index (χ0n) is 13.2. The van der Waals surface area contributed by atoms with E-state index >= 15 is 0 Å². The van der Waals surface area contributed by atoms with E-state index in [0.29, 0.717) is 26.1 Å². The van der Waals surface area contributed by atoms with Crippen LogP contribution in [0.1, 0.15) is 38.7 Å². The quantitative estimate of drug-likeness (QED) is 0.748. The number of carboxylic acid groups (broad SMARTS) is 1. The number of benzene rings is 1. The van der Waals surface area contributed by atoms with Crippen LogP contribution in [0.25, 0.3) is 0 Å². The molecular weight excluding hydrogens is 280 g/mol. The minimum absolute atomic E-state index is 0.0304. The molecule has 1 aliphatic carbocycles. The number of hydrogen-bond acceptors (Lipinski definition) is 3. The number of Topliss-reactive ketones (excluding diaryl/α,β-unsaturated/α-hetero) is 1. The fraction of sp³-hybridized carbons (Fsp3) is 0.556.